The molecule has 0 unspecified atom stereocenters. The van der Waals surface area contributed by atoms with Gasteiger partial charge in [0, 0.05) is 23.7 Å². The van der Waals surface area contributed by atoms with Gasteiger partial charge in [0.25, 0.3) is 0 Å². The van der Waals surface area contributed by atoms with Crippen molar-refractivity contribution in [1.29, 1.82) is 0 Å². The third kappa shape index (κ3) is 3.56. The molecule has 112 valence electrons. The fourth-order valence-electron chi connectivity index (χ4n) is 2.06. The van der Waals surface area contributed by atoms with Gasteiger partial charge in [0.2, 0.25) is 11.7 Å². The second-order valence-corrected chi connectivity index (χ2v) is 4.42. The highest BCUT2D eigenvalue weighted by molar-refractivity contribution is 5.93. The highest BCUT2D eigenvalue weighted by Gasteiger charge is 2.17. The minimum absolute atomic E-state index is 0.00396. The van der Waals surface area contributed by atoms with Gasteiger partial charge in [-0.15, -0.1) is 0 Å². The number of methoxy groups -OCH3 is 3. The first kappa shape index (κ1) is 16.1. The summed E-state index contributed by atoms with van der Waals surface area (Å²) in [4.78, 5) is 12.1. The lowest BCUT2D eigenvalue weighted by Gasteiger charge is -2.16. The summed E-state index contributed by atoms with van der Waals surface area (Å²) in [5, 5.41) is 2.89. The van der Waals surface area contributed by atoms with E-state index in [9.17, 15) is 4.79 Å². The first-order chi connectivity index (χ1) is 9.60. The van der Waals surface area contributed by atoms with Gasteiger partial charge >= 0.3 is 0 Å². The Hall–Kier alpha value is -1.91. The Morgan fingerprint density at radius 3 is 1.90 bits per heavy atom. The molecule has 1 amide bonds. The van der Waals surface area contributed by atoms with Crippen LogP contribution in [0.4, 0.5) is 5.69 Å². The maximum atomic E-state index is 12.1. The largest absolute Gasteiger partial charge is 0.493 e. The molecule has 0 saturated heterocycles. The van der Waals surface area contributed by atoms with Gasteiger partial charge in [0.15, 0.2) is 11.5 Å². The number of carbonyl (C=O) groups is 1. The Kier molecular flexibility index (Phi) is 6.15. The average Bonchev–Trinajstić information content (AvgIpc) is 2.47. The van der Waals surface area contributed by atoms with Crippen LogP contribution in [0.15, 0.2) is 12.1 Å². The average molecular weight is 281 g/mol. The van der Waals surface area contributed by atoms with Crippen molar-refractivity contribution in [3.63, 3.8) is 0 Å². The van der Waals surface area contributed by atoms with Crippen LogP contribution in [0.1, 0.15) is 26.7 Å². The van der Waals surface area contributed by atoms with E-state index >= 15 is 0 Å². The van der Waals surface area contributed by atoms with Gasteiger partial charge in [-0.3, -0.25) is 4.79 Å². The van der Waals surface area contributed by atoms with Crippen molar-refractivity contribution < 1.29 is 19.0 Å². The molecule has 1 aromatic rings. The van der Waals surface area contributed by atoms with E-state index in [1.165, 1.54) is 0 Å². The first-order valence-electron chi connectivity index (χ1n) is 6.72. The normalized spacial score (nSPS) is 10.3. The van der Waals surface area contributed by atoms with Gasteiger partial charge in [-0.1, -0.05) is 13.8 Å². The summed E-state index contributed by atoms with van der Waals surface area (Å²) in [6.45, 7) is 4.01. The maximum Gasteiger partial charge on any atom is 0.227 e. The molecule has 0 radical (unpaired) electrons. The van der Waals surface area contributed by atoms with Crippen molar-refractivity contribution in [2.45, 2.75) is 26.7 Å². The van der Waals surface area contributed by atoms with Crippen molar-refractivity contribution in [1.82, 2.24) is 0 Å². The molecule has 5 heteroatoms. The zero-order valence-electron chi connectivity index (χ0n) is 12.8. The van der Waals surface area contributed by atoms with Gasteiger partial charge in [0.05, 0.1) is 21.3 Å². The number of amides is 1. The van der Waals surface area contributed by atoms with Gasteiger partial charge in [0.1, 0.15) is 0 Å². The molecule has 1 rings (SSSR count). The molecule has 0 fully saturated rings. The highest BCUT2D eigenvalue weighted by Crippen LogP contribution is 2.40. The van der Waals surface area contributed by atoms with E-state index in [0.717, 1.165) is 12.8 Å². The van der Waals surface area contributed by atoms with Crippen molar-refractivity contribution in [3.05, 3.63) is 12.1 Å². The zero-order valence-corrected chi connectivity index (χ0v) is 12.8. The summed E-state index contributed by atoms with van der Waals surface area (Å²) < 4.78 is 15.8. The minimum atomic E-state index is 0.00396. The van der Waals surface area contributed by atoms with Gasteiger partial charge in [-0.25, -0.2) is 0 Å². The van der Waals surface area contributed by atoms with E-state index in [1.807, 2.05) is 13.8 Å². The lowest BCUT2D eigenvalue weighted by molar-refractivity contribution is -0.120. The molecule has 5 nitrogen and oxygen atoms in total. The number of hydrogen-bond acceptors (Lipinski definition) is 4. The molecule has 0 aromatic heterocycles. The second kappa shape index (κ2) is 7.62. The Bertz CT molecular complexity index is 430. The first-order valence-corrected chi connectivity index (χ1v) is 6.72. The molecule has 1 aromatic carbocycles. The summed E-state index contributed by atoms with van der Waals surface area (Å²) in [5.74, 6) is 1.56. The number of rotatable bonds is 7. The molecule has 0 saturated carbocycles. The number of carbonyl (C=O) groups excluding carboxylic acids is 1. The molecule has 0 aliphatic rings. The standard InChI is InChI=1S/C15H23NO4/c1-6-10(7-2)15(17)16-11-8-12(18-3)14(20-5)13(9-11)19-4/h8-10H,6-7H2,1-5H3,(H,16,17). The number of nitrogens with one attached hydrogen (secondary N) is 1. The Labute approximate surface area is 120 Å². The molecule has 0 aliphatic heterocycles. The van der Waals surface area contributed by atoms with Crippen LogP contribution < -0.4 is 19.5 Å². The van der Waals surface area contributed by atoms with Crippen LogP contribution in [-0.2, 0) is 4.79 Å². The van der Waals surface area contributed by atoms with E-state index in [1.54, 1.807) is 33.5 Å². The molecule has 0 aliphatic carbocycles. The summed E-state index contributed by atoms with van der Waals surface area (Å²) in [7, 11) is 4.64. The van der Waals surface area contributed by atoms with Gasteiger partial charge < -0.3 is 19.5 Å². The fraction of sp³-hybridized carbons (Fsp3) is 0.533. The van der Waals surface area contributed by atoms with Crippen LogP contribution >= 0.6 is 0 Å². The van der Waals surface area contributed by atoms with Gasteiger partial charge in [-0.2, -0.15) is 0 Å². The van der Waals surface area contributed by atoms with Crippen LogP contribution in [0.5, 0.6) is 17.2 Å². The van der Waals surface area contributed by atoms with Crippen LogP contribution in [0.3, 0.4) is 0 Å². The van der Waals surface area contributed by atoms with Crippen LogP contribution in [0.2, 0.25) is 0 Å². The summed E-state index contributed by atoms with van der Waals surface area (Å²) in [5.41, 5.74) is 0.636. The zero-order chi connectivity index (χ0) is 15.1. The van der Waals surface area contributed by atoms with E-state index in [0.29, 0.717) is 22.9 Å². The predicted octanol–water partition coefficient (Wildman–Crippen LogP) is 3.09. The molecule has 0 bridgehead atoms. The van der Waals surface area contributed by atoms with E-state index < -0.39 is 0 Å². The van der Waals surface area contributed by atoms with E-state index in [-0.39, 0.29) is 11.8 Å². The van der Waals surface area contributed by atoms with Crippen LogP contribution in [-0.4, -0.2) is 27.2 Å². The topological polar surface area (TPSA) is 56.8 Å². The predicted molar refractivity (Wildman–Crippen MR) is 78.8 cm³/mol. The van der Waals surface area contributed by atoms with Crippen molar-refractivity contribution in [3.8, 4) is 17.2 Å². The molecular formula is C15H23NO4. The number of hydrogen-bond donors (Lipinski definition) is 1. The maximum absolute atomic E-state index is 12.1. The lowest BCUT2D eigenvalue weighted by Crippen LogP contribution is -2.21. The lowest BCUT2D eigenvalue weighted by atomic mass is 10.0. The van der Waals surface area contributed by atoms with Crippen LogP contribution in [0, 0.1) is 5.92 Å². The van der Waals surface area contributed by atoms with Crippen LogP contribution in [0.25, 0.3) is 0 Å². The Morgan fingerprint density at radius 2 is 1.55 bits per heavy atom. The quantitative estimate of drug-likeness (QED) is 0.834. The van der Waals surface area contributed by atoms with Crippen molar-refractivity contribution in [2.24, 2.45) is 5.92 Å². The summed E-state index contributed by atoms with van der Waals surface area (Å²) in [6.07, 6.45) is 1.62. The van der Waals surface area contributed by atoms with Crippen molar-refractivity contribution >= 4 is 11.6 Å². The molecule has 0 heterocycles. The van der Waals surface area contributed by atoms with E-state index in [2.05, 4.69) is 5.32 Å². The SMILES string of the molecule is CCC(CC)C(=O)Nc1cc(OC)c(OC)c(OC)c1. The summed E-state index contributed by atoms with van der Waals surface area (Å²) in [6, 6.07) is 3.45. The molecule has 1 N–H and O–H groups in total. The molecule has 0 spiro atoms. The molecule has 0 atom stereocenters. The Balaban J connectivity index is 3.04. The number of anilines is 1. The monoisotopic (exact) mass is 281 g/mol. The second-order valence-electron chi connectivity index (χ2n) is 4.42. The molecule has 20 heavy (non-hydrogen) atoms. The number of ether oxygens (including phenoxy) is 3. The van der Waals surface area contributed by atoms with Gasteiger partial charge in [-0.05, 0) is 12.8 Å². The number of benzene rings is 1. The summed E-state index contributed by atoms with van der Waals surface area (Å²) >= 11 is 0. The fourth-order valence-corrected chi connectivity index (χ4v) is 2.06. The molecular weight excluding hydrogens is 258 g/mol. The third-order valence-corrected chi connectivity index (χ3v) is 3.29. The smallest absolute Gasteiger partial charge is 0.227 e. The highest BCUT2D eigenvalue weighted by atomic mass is 16.5. The van der Waals surface area contributed by atoms with E-state index in [4.69, 9.17) is 14.2 Å². The third-order valence-electron chi connectivity index (χ3n) is 3.29. The minimum Gasteiger partial charge on any atom is -0.493 e. The van der Waals surface area contributed by atoms with Crippen molar-refractivity contribution in [2.75, 3.05) is 26.6 Å². The Morgan fingerprint density at radius 1 is 1.05 bits per heavy atom.